The lowest BCUT2D eigenvalue weighted by molar-refractivity contribution is 0.0778. The largest absolute Gasteiger partial charge is 0.396 e. The average molecular weight is 375 g/mol. The fourth-order valence-corrected chi connectivity index (χ4v) is 3.37. The van der Waals surface area contributed by atoms with E-state index in [1.165, 1.54) is 0 Å². The van der Waals surface area contributed by atoms with Crippen molar-refractivity contribution < 1.29 is 14.6 Å². The number of carbonyl (C=O) groups excluding carboxylic acids is 1. The summed E-state index contributed by atoms with van der Waals surface area (Å²) in [4.78, 5) is 16.6. The highest BCUT2D eigenvalue weighted by molar-refractivity contribution is 6.42. The average Bonchev–Trinajstić information content (AvgIpc) is 2.97. The van der Waals surface area contributed by atoms with E-state index in [-0.39, 0.29) is 24.3 Å². The van der Waals surface area contributed by atoms with Crippen molar-refractivity contribution in [2.24, 2.45) is 11.8 Å². The van der Waals surface area contributed by atoms with Crippen LogP contribution in [0.5, 0.6) is 0 Å². The van der Waals surface area contributed by atoms with Gasteiger partial charge < -0.3 is 19.6 Å². The number of likely N-dealkylation sites (N-methyl/N-ethyl adjacent to an activating group) is 1. The Morgan fingerprint density at radius 3 is 2.67 bits per heavy atom. The van der Waals surface area contributed by atoms with Crippen LogP contribution in [0.3, 0.4) is 0 Å². The van der Waals surface area contributed by atoms with Crippen LogP contribution in [0, 0.1) is 11.8 Å². The zero-order chi connectivity index (χ0) is 17.7. The SMILES string of the molecule is COCCN(C)CC1CN(C(=O)c2ccc(Cl)c(Cl)c2)CC1CO. The van der Waals surface area contributed by atoms with Gasteiger partial charge in [-0.15, -0.1) is 0 Å². The highest BCUT2D eigenvalue weighted by Crippen LogP contribution is 2.27. The monoisotopic (exact) mass is 374 g/mol. The van der Waals surface area contributed by atoms with Crippen molar-refractivity contribution in [2.75, 3.05) is 53.6 Å². The molecular weight excluding hydrogens is 351 g/mol. The summed E-state index contributed by atoms with van der Waals surface area (Å²) in [7, 11) is 3.70. The molecule has 0 bridgehead atoms. The fourth-order valence-electron chi connectivity index (χ4n) is 3.07. The quantitative estimate of drug-likeness (QED) is 0.795. The van der Waals surface area contributed by atoms with Crippen LogP contribution >= 0.6 is 23.2 Å². The zero-order valence-corrected chi connectivity index (χ0v) is 15.6. The molecule has 1 heterocycles. The molecular formula is C17H24Cl2N2O3. The summed E-state index contributed by atoms with van der Waals surface area (Å²) >= 11 is 11.9. The highest BCUT2D eigenvalue weighted by atomic mass is 35.5. The van der Waals surface area contributed by atoms with E-state index in [0.717, 1.165) is 13.1 Å². The van der Waals surface area contributed by atoms with Crippen LogP contribution in [0.2, 0.25) is 10.0 Å². The minimum atomic E-state index is -0.0749. The third-order valence-electron chi connectivity index (χ3n) is 4.49. The number of methoxy groups -OCH3 is 1. The van der Waals surface area contributed by atoms with Gasteiger partial charge in [-0.1, -0.05) is 23.2 Å². The first-order chi connectivity index (χ1) is 11.5. The molecule has 0 spiro atoms. The number of aliphatic hydroxyl groups is 1. The lowest BCUT2D eigenvalue weighted by Crippen LogP contribution is -2.33. The van der Waals surface area contributed by atoms with Gasteiger partial charge in [0.15, 0.2) is 0 Å². The predicted octanol–water partition coefficient (Wildman–Crippen LogP) is 2.25. The van der Waals surface area contributed by atoms with Crippen molar-refractivity contribution in [2.45, 2.75) is 0 Å². The van der Waals surface area contributed by atoms with Crippen LogP contribution < -0.4 is 0 Å². The number of rotatable bonds is 7. The Morgan fingerprint density at radius 1 is 1.33 bits per heavy atom. The molecule has 2 atom stereocenters. The van der Waals surface area contributed by atoms with Crippen LogP contribution in [0.15, 0.2) is 18.2 Å². The fraction of sp³-hybridized carbons (Fsp3) is 0.588. The van der Waals surface area contributed by atoms with E-state index in [1.54, 1.807) is 30.2 Å². The molecule has 7 heteroatoms. The first-order valence-electron chi connectivity index (χ1n) is 7.99. The second-order valence-electron chi connectivity index (χ2n) is 6.30. The number of ether oxygens (including phenoxy) is 1. The lowest BCUT2D eigenvalue weighted by Gasteiger charge is -2.23. The standard InChI is InChI=1S/C17H24Cl2N2O3/c1-20(5-6-24-2)8-13-9-21(10-14(13)11-22)17(23)12-3-4-15(18)16(19)7-12/h3-4,7,13-14,22H,5-6,8-11H2,1-2H3. The minimum Gasteiger partial charge on any atom is -0.396 e. The molecule has 0 radical (unpaired) electrons. The van der Waals surface area contributed by atoms with E-state index in [4.69, 9.17) is 27.9 Å². The Hall–Kier alpha value is -0.850. The molecule has 1 aliphatic rings. The normalized spacial score (nSPS) is 20.8. The van der Waals surface area contributed by atoms with Gasteiger partial charge in [0.25, 0.3) is 5.91 Å². The van der Waals surface area contributed by atoms with Gasteiger partial charge in [0.2, 0.25) is 0 Å². The maximum atomic E-state index is 12.7. The number of carbonyl (C=O) groups is 1. The van der Waals surface area contributed by atoms with Gasteiger partial charge >= 0.3 is 0 Å². The van der Waals surface area contributed by atoms with Crippen LogP contribution in [0.4, 0.5) is 0 Å². The predicted molar refractivity (Wildman–Crippen MR) is 95.8 cm³/mol. The van der Waals surface area contributed by atoms with Gasteiger partial charge in [0.05, 0.1) is 16.7 Å². The second-order valence-corrected chi connectivity index (χ2v) is 7.11. The summed E-state index contributed by atoms with van der Waals surface area (Å²) in [6.07, 6.45) is 0. The van der Waals surface area contributed by atoms with Crippen molar-refractivity contribution in [1.82, 2.24) is 9.80 Å². The Labute approximate surface area is 153 Å². The summed E-state index contributed by atoms with van der Waals surface area (Å²) in [6.45, 7) is 3.57. The maximum absolute atomic E-state index is 12.7. The van der Waals surface area contributed by atoms with Gasteiger partial charge in [-0.25, -0.2) is 0 Å². The van der Waals surface area contributed by atoms with E-state index in [9.17, 15) is 9.90 Å². The number of halogens is 2. The van der Waals surface area contributed by atoms with Crippen molar-refractivity contribution in [3.63, 3.8) is 0 Å². The van der Waals surface area contributed by atoms with Crippen LogP contribution in [-0.2, 0) is 4.74 Å². The van der Waals surface area contributed by atoms with Gasteiger partial charge in [-0.2, -0.15) is 0 Å². The molecule has 1 aliphatic heterocycles. The Morgan fingerprint density at radius 2 is 2.04 bits per heavy atom. The Bertz CT molecular complexity index is 571. The molecule has 5 nitrogen and oxygen atoms in total. The van der Waals surface area contributed by atoms with Crippen molar-refractivity contribution in [3.05, 3.63) is 33.8 Å². The summed E-state index contributed by atoms with van der Waals surface area (Å²) in [5, 5.41) is 10.5. The van der Waals surface area contributed by atoms with Crippen LogP contribution in [-0.4, -0.2) is 74.4 Å². The topological polar surface area (TPSA) is 53.0 Å². The number of likely N-dealkylation sites (tertiary alicyclic amines) is 1. The summed E-state index contributed by atoms with van der Waals surface area (Å²) < 4.78 is 5.09. The third kappa shape index (κ3) is 4.83. The van der Waals surface area contributed by atoms with Crippen molar-refractivity contribution in [3.8, 4) is 0 Å². The van der Waals surface area contributed by atoms with Gasteiger partial charge in [-0.05, 0) is 31.2 Å². The third-order valence-corrected chi connectivity index (χ3v) is 5.23. The lowest BCUT2D eigenvalue weighted by atomic mass is 9.96. The van der Waals surface area contributed by atoms with E-state index in [1.807, 2.05) is 7.05 Å². The number of hydrogen-bond donors (Lipinski definition) is 1. The highest BCUT2D eigenvalue weighted by Gasteiger charge is 2.35. The zero-order valence-electron chi connectivity index (χ0n) is 14.0. The molecule has 1 aromatic carbocycles. The number of aliphatic hydroxyl groups excluding tert-OH is 1. The van der Waals surface area contributed by atoms with E-state index in [0.29, 0.717) is 35.3 Å². The molecule has 134 valence electrons. The van der Waals surface area contributed by atoms with Gasteiger partial charge in [0.1, 0.15) is 0 Å². The second kappa shape index (κ2) is 9.02. The van der Waals surface area contributed by atoms with Crippen molar-refractivity contribution >= 4 is 29.1 Å². The molecule has 1 amide bonds. The molecule has 24 heavy (non-hydrogen) atoms. The molecule has 2 unspecified atom stereocenters. The number of hydrogen-bond acceptors (Lipinski definition) is 4. The van der Waals surface area contributed by atoms with Gasteiger partial charge in [0, 0.05) is 51.4 Å². The molecule has 0 aromatic heterocycles. The van der Waals surface area contributed by atoms with E-state index in [2.05, 4.69) is 4.90 Å². The van der Waals surface area contributed by atoms with E-state index < -0.39 is 0 Å². The molecule has 1 aromatic rings. The first-order valence-corrected chi connectivity index (χ1v) is 8.74. The first kappa shape index (κ1) is 19.5. The molecule has 0 saturated carbocycles. The molecule has 2 rings (SSSR count). The Kier molecular flexibility index (Phi) is 7.32. The summed E-state index contributed by atoms with van der Waals surface area (Å²) in [5.74, 6) is 0.249. The smallest absolute Gasteiger partial charge is 0.253 e. The molecule has 1 N–H and O–H groups in total. The van der Waals surface area contributed by atoms with Crippen LogP contribution in [0.1, 0.15) is 10.4 Å². The maximum Gasteiger partial charge on any atom is 0.253 e. The van der Waals surface area contributed by atoms with Crippen molar-refractivity contribution in [1.29, 1.82) is 0 Å². The molecule has 0 aliphatic carbocycles. The van der Waals surface area contributed by atoms with Crippen LogP contribution in [0.25, 0.3) is 0 Å². The number of benzene rings is 1. The minimum absolute atomic E-state index is 0.0749. The Balaban J connectivity index is 2.01. The molecule has 1 fully saturated rings. The summed E-state index contributed by atoms with van der Waals surface area (Å²) in [5.41, 5.74) is 0.523. The number of amides is 1. The molecule has 1 saturated heterocycles. The number of nitrogens with zero attached hydrogens (tertiary/aromatic N) is 2. The van der Waals surface area contributed by atoms with E-state index >= 15 is 0 Å². The summed E-state index contributed by atoms with van der Waals surface area (Å²) in [6, 6.07) is 4.91. The van der Waals surface area contributed by atoms with Gasteiger partial charge in [-0.3, -0.25) is 4.79 Å².